The molecule has 0 aliphatic heterocycles. The van der Waals surface area contributed by atoms with Gasteiger partial charge in [0.05, 0.1) is 35.5 Å². The van der Waals surface area contributed by atoms with Crippen LogP contribution in [-0.2, 0) is 14.8 Å². The number of benzene rings is 2. The third-order valence-electron chi connectivity index (χ3n) is 5.14. The van der Waals surface area contributed by atoms with Crippen molar-refractivity contribution in [2.24, 2.45) is 5.10 Å². The van der Waals surface area contributed by atoms with E-state index in [0.717, 1.165) is 33.2 Å². The molecule has 0 spiro atoms. The number of carbonyl (C=O) groups excluding carboxylic acids is 1. The normalized spacial score (nSPS) is 11.6. The van der Waals surface area contributed by atoms with Crippen molar-refractivity contribution in [1.29, 1.82) is 0 Å². The number of carbonyl (C=O) groups is 1. The Morgan fingerprint density at radius 1 is 1.14 bits per heavy atom. The number of ether oxygens (including phenoxy) is 1. The van der Waals surface area contributed by atoms with Gasteiger partial charge in [-0.15, -0.1) is 0 Å². The minimum Gasteiger partial charge on any atom is -0.494 e. The Bertz CT molecular complexity index is 1350. The van der Waals surface area contributed by atoms with Crippen LogP contribution in [0, 0.1) is 13.8 Å². The maximum Gasteiger partial charge on any atom is 0.260 e. The molecule has 0 unspecified atom stereocenters. The molecule has 0 aliphatic carbocycles. The summed E-state index contributed by atoms with van der Waals surface area (Å²) in [6.45, 7) is 5.72. The van der Waals surface area contributed by atoms with Crippen molar-refractivity contribution in [2.45, 2.75) is 20.8 Å². The second kappa shape index (κ2) is 11.2. The summed E-state index contributed by atoms with van der Waals surface area (Å²) >= 11 is 12.5. The highest BCUT2D eigenvalue weighted by Crippen LogP contribution is 2.28. The van der Waals surface area contributed by atoms with Crippen LogP contribution >= 0.6 is 23.2 Å². The van der Waals surface area contributed by atoms with E-state index < -0.39 is 22.5 Å². The fourth-order valence-corrected chi connectivity index (χ4v) is 4.79. The molecule has 0 radical (unpaired) electrons. The average Bonchev–Trinajstić information content (AvgIpc) is 3.07. The summed E-state index contributed by atoms with van der Waals surface area (Å²) in [5.74, 6) is 0.0164. The van der Waals surface area contributed by atoms with Crippen LogP contribution in [0.4, 0.5) is 5.69 Å². The molecule has 0 bridgehead atoms. The van der Waals surface area contributed by atoms with Crippen LogP contribution in [0.1, 0.15) is 23.9 Å². The van der Waals surface area contributed by atoms with Gasteiger partial charge in [-0.2, -0.15) is 5.10 Å². The number of halogens is 2. The van der Waals surface area contributed by atoms with E-state index in [2.05, 4.69) is 10.5 Å². The number of amides is 1. The van der Waals surface area contributed by atoms with Crippen LogP contribution < -0.4 is 14.5 Å². The van der Waals surface area contributed by atoms with Crippen molar-refractivity contribution >= 4 is 51.0 Å². The largest absolute Gasteiger partial charge is 0.494 e. The van der Waals surface area contributed by atoms with Gasteiger partial charge in [0.15, 0.2) is 0 Å². The fraction of sp³-hybridized carbons (Fsp3) is 0.250. The van der Waals surface area contributed by atoms with Crippen molar-refractivity contribution in [1.82, 2.24) is 9.99 Å². The number of rotatable bonds is 9. The number of hydrazone groups is 1. The van der Waals surface area contributed by atoms with Gasteiger partial charge < -0.3 is 9.30 Å². The van der Waals surface area contributed by atoms with Crippen molar-refractivity contribution < 1.29 is 17.9 Å². The topological polar surface area (TPSA) is 93.0 Å². The highest BCUT2D eigenvalue weighted by Gasteiger charge is 2.21. The number of aryl methyl sites for hydroxylation is 1. The fourth-order valence-electron chi connectivity index (χ4n) is 3.56. The van der Waals surface area contributed by atoms with E-state index in [9.17, 15) is 13.2 Å². The van der Waals surface area contributed by atoms with Gasteiger partial charge in [0, 0.05) is 22.0 Å². The number of hydrogen-bond donors (Lipinski definition) is 1. The van der Waals surface area contributed by atoms with E-state index in [1.807, 2.05) is 31.4 Å². The number of anilines is 1. The number of nitrogens with one attached hydrogen (secondary N) is 1. The third-order valence-corrected chi connectivity index (χ3v) is 6.83. The SMILES string of the molecule is CCOc1ccc(N(CC(=O)N/N=C\c2cc(C)n(-c3cc(Cl)ccc3Cl)c2C)S(C)(=O)=O)cc1. The van der Waals surface area contributed by atoms with Gasteiger partial charge in [-0.3, -0.25) is 9.10 Å². The van der Waals surface area contributed by atoms with E-state index >= 15 is 0 Å². The minimum atomic E-state index is -3.71. The molecule has 8 nitrogen and oxygen atoms in total. The molecule has 0 atom stereocenters. The zero-order chi connectivity index (χ0) is 25.8. The standard InChI is InChI=1S/C24H26Cl2N4O4S/c1-5-34-21-9-7-20(8-10-21)29(35(4,32)33)15-24(31)28-27-14-18-12-16(2)30(17(18)3)23-13-19(25)6-11-22(23)26/h6-14H,5,15H2,1-4H3,(H,28,31)/b27-14-. The molecule has 3 rings (SSSR count). The van der Waals surface area contributed by atoms with Gasteiger partial charge >= 0.3 is 0 Å². The van der Waals surface area contributed by atoms with Gasteiger partial charge in [0.1, 0.15) is 12.3 Å². The summed E-state index contributed by atoms with van der Waals surface area (Å²) in [6.07, 6.45) is 2.53. The molecule has 1 aromatic heterocycles. The Hall–Kier alpha value is -3.01. The van der Waals surface area contributed by atoms with Gasteiger partial charge in [0.2, 0.25) is 10.0 Å². The van der Waals surface area contributed by atoms with E-state index in [1.54, 1.807) is 42.5 Å². The summed E-state index contributed by atoms with van der Waals surface area (Å²) in [5.41, 5.74) is 5.97. The molecule has 1 heterocycles. The number of aromatic nitrogens is 1. The molecule has 1 amide bonds. The van der Waals surface area contributed by atoms with Gasteiger partial charge in [-0.25, -0.2) is 13.8 Å². The van der Waals surface area contributed by atoms with Crippen LogP contribution in [-0.4, -0.2) is 44.5 Å². The maximum atomic E-state index is 12.5. The molecular weight excluding hydrogens is 511 g/mol. The highest BCUT2D eigenvalue weighted by molar-refractivity contribution is 7.92. The molecule has 0 aliphatic rings. The van der Waals surface area contributed by atoms with Crippen LogP contribution in [0.5, 0.6) is 5.75 Å². The van der Waals surface area contributed by atoms with Crippen LogP contribution in [0.25, 0.3) is 5.69 Å². The molecule has 35 heavy (non-hydrogen) atoms. The Morgan fingerprint density at radius 3 is 2.46 bits per heavy atom. The molecule has 0 fully saturated rings. The lowest BCUT2D eigenvalue weighted by Gasteiger charge is -2.21. The minimum absolute atomic E-state index is 0.344. The molecule has 0 saturated heterocycles. The van der Waals surface area contributed by atoms with Gasteiger partial charge in [-0.1, -0.05) is 23.2 Å². The summed E-state index contributed by atoms with van der Waals surface area (Å²) in [4.78, 5) is 12.5. The number of hydrogen-bond acceptors (Lipinski definition) is 5. The zero-order valence-corrected chi connectivity index (χ0v) is 22.1. The van der Waals surface area contributed by atoms with E-state index in [0.29, 0.717) is 28.1 Å². The lowest BCUT2D eigenvalue weighted by molar-refractivity contribution is -0.119. The van der Waals surface area contributed by atoms with Crippen LogP contribution in [0.3, 0.4) is 0 Å². The molecule has 3 aromatic rings. The van der Waals surface area contributed by atoms with Crippen LogP contribution in [0.15, 0.2) is 53.6 Å². The second-order valence-electron chi connectivity index (χ2n) is 7.75. The van der Waals surface area contributed by atoms with Crippen molar-refractivity contribution in [2.75, 3.05) is 23.7 Å². The van der Waals surface area contributed by atoms with Crippen molar-refractivity contribution in [3.63, 3.8) is 0 Å². The number of nitrogens with zero attached hydrogens (tertiary/aromatic N) is 3. The van der Waals surface area contributed by atoms with E-state index in [-0.39, 0.29) is 0 Å². The summed E-state index contributed by atoms with van der Waals surface area (Å²) < 4.78 is 32.9. The first-order valence-electron chi connectivity index (χ1n) is 10.7. The monoisotopic (exact) mass is 536 g/mol. The van der Waals surface area contributed by atoms with Gasteiger partial charge in [-0.05, 0) is 69.3 Å². The molecule has 186 valence electrons. The lowest BCUT2D eigenvalue weighted by atomic mass is 10.2. The number of sulfonamides is 1. The summed E-state index contributed by atoms with van der Waals surface area (Å²) in [7, 11) is -3.71. The second-order valence-corrected chi connectivity index (χ2v) is 10.5. The Balaban J connectivity index is 1.74. The quantitative estimate of drug-likeness (QED) is 0.316. The van der Waals surface area contributed by atoms with E-state index in [4.69, 9.17) is 27.9 Å². The first kappa shape index (κ1) is 26.6. The predicted octanol–water partition coefficient (Wildman–Crippen LogP) is 4.72. The Labute approximate surface area is 215 Å². The molecule has 11 heteroatoms. The Morgan fingerprint density at radius 2 is 1.83 bits per heavy atom. The van der Waals surface area contributed by atoms with Crippen molar-refractivity contribution in [3.05, 3.63) is 75.5 Å². The third kappa shape index (κ3) is 6.56. The first-order valence-corrected chi connectivity index (χ1v) is 13.3. The molecule has 0 saturated carbocycles. The highest BCUT2D eigenvalue weighted by atomic mass is 35.5. The van der Waals surface area contributed by atoms with Gasteiger partial charge in [0.25, 0.3) is 5.91 Å². The molecule has 1 N–H and O–H groups in total. The predicted molar refractivity (Wildman–Crippen MR) is 141 cm³/mol. The summed E-state index contributed by atoms with van der Waals surface area (Å²) in [5, 5.41) is 5.12. The van der Waals surface area contributed by atoms with Crippen molar-refractivity contribution in [3.8, 4) is 11.4 Å². The Kier molecular flexibility index (Phi) is 8.47. The smallest absolute Gasteiger partial charge is 0.260 e. The maximum absolute atomic E-state index is 12.5. The lowest BCUT2D eigenvalue weighted by Crippen LogP contribution is -2.39. The summed E-state index contributed by atoms with van der Waals surface area (Å²) in [6, 6.07) is 13.6. The molecule has 2 aromatic carbocycles. The molecular formula is C24H26Cl2N4O4S. The zero-order valence-electron chi connectivity index (χ0n) is 19.7. The average molecular weight is 537 g/mol. The van der Waals surface area contributed by atoms with Crippen LogP contribution in [0.2, 0.25) is 10.0 Å². The van der Waals surface area contributed by atoms with E-state index in [1.165, 1.54) is 6.21 Å². The first-order chi connectivity index (χ1) is 16.5.